The molecule has 0 spiro atoms. The Bertz CT molecular complexity index is 505. The number of aliphatic hydroxyl groups excluding tert-OH is 1. The predicted octanol–water partition coefficient (Wildman–Crippen LogP) is 4.22. The second-order valence-corrected chi connectivity index (χ2v) is 23.9. The van der Waals surface area contributed by atoms with Crippen LogP contribution < -0.4 is 0 Å². The van der Waals surface area contributed by atoms with Crippen LogP contribution in [0.15, 0.2) is 30.3 Å². The molecule has 130 valence electrons. The monoisotopic (exact) mass is 429 g/mol. The minimum absolute atomic E-state index is 0.108. The van der Waals surface area contributed by atoms with Crippen molar-refractivity contribution in [1.82, 2.24) is 4.90 Å². The molecule has 1 rings (SSSR count). The van der Waals surface area contributed by atoms with Gasteiger partial charge < -0.3 is 0 Å². The Balaban J connectivity index is 3.24. The molecule has 0 saturated carbocycles. The van der Waals surface area contributed by atoms with Crippen molar-refractivity contribution in [2.24, 2.45) is 0 Å². The Morgan fingerprint density at radius 2 is 1.74 bits per heavy atom. The fourth-order valence-electron chi connectivity index (χ4n) is 2.32. The van der Waals surface area contributed by atoms with E-state index in [1.54, 1.807) is 4.90 Å². The number of ether oxygens (including phenoxy) is 1. The van der Waals surface area contributed by atoms with Gasteiger partial charge in [-0.05, 0) is 0 Å². The first-order valence-electron chi connectivity index (χ1n) is 8.14. The molecule has 0 heterocycles. The first kappa shape index (κ1) is 20.3. The van der Waals surface area contributed by atoms with Gasteiger partial charge in [-0.1, -0.05) is 0 Å². The summed E-state index contributed by atoms with van der Waals surface area (Å²) in [5, 5.41) is 9.99. The number of amides is 1. The first-order chi connectivity index (χ1) is 10.5. The number of benzene rings is 1. The van der Waals surface area contributed by atoms with Gasteiger partial charge in [0, 0.05) is 0 Å². The molecule has 2 atom stereocenters. The molecule has 0 aliphatic carbocycles. The van der Waals surface area contributed by atoms with Crippen molar-refractivity contribution in [2.45, 2.75) is 58.2 Å². The number of hydrogen-bond donors (Lipinski definition) is 1. The zero-order valence-electron chi connectivity index (χ0n) is 15.5. The maximum atomic E-state index is 12.8. The molecule has 1 N–H and O–H groups in total. The van der Waals surface area contributed by atoms with E-state index < -0.39 is 24.0 Å². The molecule has 23 heavy (non-hydrogen) atoms. The summed E-state index contributed by atoms with van der Waals surface area (Å²) in [6.07, 6.45) is -0.348. The van der Waals surface area contributed by atoms with Crippen molar-refractivity contribution in [3.05, 3.63) is 35.9 Å². The molecule has 0 aliphatic heterocycles. The summed E-state index contributed by atoms with van der Waals surface area (Å²) in [5.74, 6) is 0. The van der Waals surface area contributed by atoms with Crippen LogP contribution in [0.25, 0.3) is 0 Å². The standard InChI is InChI=1S/C15H22NO3.3CH3.Sn/c1-5-16(14(18)19-15(2,3)4)13(11-17)12-9-7-6-8-10-12;;;;/h5-10,13,17H,11H2,1-4H3;3*1H3;. The first-order valence-corrected chi connectivity index (χ1v) is 18.4. The predicted molar refractivity (Wildman–Crippen MR) is 97.1 cm³/mol. The molecule has 1 aromatic carbocycles. The third-order valence-corrected chi connectivity index (χ3v) is 11.9. The van der Waals surface area contributed by atoms with Crippen molar-refractivity contribution >= 4 is 24.5 Å². The van der Waals surface area contributed by atoms with Gasteiger partial charge in [-0.25, -0.2) is 0 Å². The van der Waals surface area contributed by atoms with Crippen molar-refractivity contribution in [2.75, 3.05) is 6.61 Å². The van der Waals surface area contributed by atoms with E-state index in [-0.39, 0.29) is 22.8 Å². The third-order valence-electron chi connectivity index (χ3n) is 3.97. The van der Waals surface area contributed by atoms with Gasteiger partial charge in [0.05, 0.1) is 0 Å². The number of carbonyl (C=O) groups excluding carboxylic acids is 1. The third kappa shape index (κ3) is 5.99. The van der Waals surface area contributed by atoms with E-state index in [0.29, 0.717) is 0 Å². The fourth-order valence-corrected chi connectivity index (χ4v) is 5.51. The summed E-state index contributed by atoms with van der Waals surface area (Å²) in [6, 6.07) is 9.30. The molecule has 2 unspecified atom stereocenters. The van der Waals surface area contributed by atoms with Gasteiger partial charge in [-0.2, -0.15) is 0 Å². The van der Waals surface area contributed by atoms with Crippen molar-refractivity contribution in [3.63, 3.8) is 0 Å². The van der Waals surface area contributed by atoms with Crippen LogP contribution >= 0.6 is 0 Å². The average Bonchev–Trinajstić information content (AvgIpc) is 2.41. The van der Waals surface area contributed by atoms with Gasteiger partial charge >= 0.3 is 145 Å². The number of nitrogens with zero attached hydrogens (tertiary/aromatic N) is 1. The molecular weight excluding hydrogens is 397 g/mol. The molecule has 0 bridgehead atoms. The van der Waals surface area contributed by atoms with E-state index >= 15 is 0 Å². The van der Waals surface area contributed by atoms with Gasteiger partial charge in [-0.15, -0.1) is 0 Å². The van der Waals surface area contributed by atoms with Crippen LogP contribution in [-0.4, -0.2) is 50.7 Å². The molecular formula is C18H31NO3Sn. The number of rotatable bonds is 5. The Labute approximate surface area is 144 Å². The van der Waals surface area contributed by atoms with Crippen LogP contribution in [0.1, 0.15) is 39.3 Å². The van der Waals surface area contributed by atoms with Crippen LogP contribution in [0.5, 0.6) is 0 Å². The second kappa shape index (κ2) is 7.88. The Morgan fingerprint density at radius 1 is 1.22 bits per heavy atom. The molecule has 0 aromatic heterocycles. The van der Waals surface area contributed by atoms with Crippen LogP contribution in [0, 0.1) is 0 Å². The minimum atomic E-state index is -2.44. The van der Waals surface area contributed by atoms with E-state index in [0.717, 1.165) is 5.56 Å². The van der Waals surface area contributed by atoms with Gasteiger partial charge in [0.2, 0.25) is 0 Å². The Morgan fingerprint density at radius 3 is 2.13 bits per heavy atom. The quantitative estimate of drug-likeness (QED) is 0.715. The van der Waals surface area contributed by atoms with Gasteiger partial charge in [0.15, 0.2) is 0 Å². The molecule has 5 heteroatoms. The molecule has 1 aromatic rings. The zero-order chi connectivity index (χ0) is 17.8. The summed E-state index contributed by atoms with van der Waals surface area (Å²) in [6.45, 7) is 7.57. The number of carbonyl (C=O) groups is 1. The summed E-state index contributed by atoms with van der Waals surface area (Å²) in [4.78, 5) is 21.5. The van der Waals surface area contributed by atoms with Crippen LogP contribution in [0.3, 0.4) is 0 Å². The van der Waals surface area contributed by atoms with Crippen molar-refractivity contribution in [3.8, 4) is 0 Å². The number of aliphatic hydroxyl groups is 1. The molecule has 0 fully saturated rings. The molecule has 0 saturated heterocycles. The molecule has 1 amide bonds. The summed E-state index contributed by atoms with van der Waals surface area (Å²) < 4.78 is 5.74. The Kier molecular flexibility index (Phi) is 6.95. The second-order valence-electron chi connectivity index (χ2n) is 8.04. The topological polar surface area (TPSA) is 49.8 Å². The normalized spacial score (nSPS) is 15.0. The summed E-state index contributed by atoms with van der Waals surface area (Å²) in [5.41, 5.74) is 0.377. The number of hydrogen-bond acceptors (Lipinski definition) is 3. The van der Waals surface area contributed by atoms with Crippen LogP contribution in [-0.2, 0) is 4.74 Å². The fraction of sp³-hybridized carbons (Fsp3) is 0.611. The van der Waals surface area contributed by atoms with E-state index in [1.165, 1.54) is 0 Å². The maximum absolute atomic E-state index is 12.8. The molecule has 4 nitrogen and oxygen atoms in total. The Hall–Kier alpha value is -0.751. The molecule has 0 aliphatic rings. The zero-order valence-corrected chi connectivity index (χ0v) is 18.3. The van der Waals surface area contributed by atoms with E-state index in [2.05, 4.69) is 21.7 Å². The molecule has 0 radical (unpaired) electrons. The van der Waals surface area contributed by atoms with Crippen molar-refractivity contribution in [1.29, 1.82) is 0 Å². The van der Waals surface area contributed by atoms with Gasteiger partial charge in [-0.3, -0.25) is 0 Å². The SMILES string of the molecule is C[CH](N(C(=O)OC(C)(C)C)C(CO)c1ccccc1)[Sn]([CH3])([CH3])[CH3]. The summed E-state index contributed by atoms with van der Waals surface area (Å²) in [7, 11) is 0. The van der Waals surface area contributed by atoms with E-state index in [4.69, 9.17) is 4.74 Å². The van der Waals surface area contributed by atoms with Crippen LogP contribution in [0.2, 0.25) is 14.8 Å². The van der Waals surface area contributed by atoms with Crippen molar-refractivity contribution < 1.29 is 14.6 Å². The van der Waals surface area contributed by atoms with Gasteiger partial charge in [0.25, 0.3) is 0 Å². The average molecular weight is 428 g/mol. The van der Waals surface area contributed by atoms with Crippen LogP contribution in [0.4, 0.5) is 4.79 Å². The van der Waals surface area contributed by atoms with Gasteiger partial charge in [0.1, 0.15) is 0 Å². The van der Waals surface area contributed by atoms with E-state index in [9.17, 15) is 9.90 Å². The summed E-state index contributed by atoms with van der Waals surface area (Å²) >= 11 is -2.44. The van der Waals surface area contributed by atoms with E-state index in [1.807, 2.05) is 51.1 Å².